The van der Waals surface area contributed by atoms with Crippen molar-refractivity contribution in [3.05, 3.63) is 0 Å². The molecule has 0 heterocycles. The lowest BCUT2D eigenvalue weighted by Crippen LogP contribution is -1.92. The van der Waals surface area contributed by atoms with Crippen molar-refractivity contribution in [3.8, 4) is 0 Å². The number of hydrogen-bond donors (Lipinski definition) is 0. The minimum atomic E-state index is 0.766. The van der Waals surface area contributed by atoms with Gasteiger partial charge < -0.3 is 0 Å². The Balaban J connectivity index is 0. The Kier molecular flexibility index (Phi) is 23.0. The van der Waals surface area contributed by atoms with Gasteiger partial charge >= 0.3 is 0 Å². The van der Waals surface area contributed by atoms with Gasteiger partial charge in [0.15, 0.2) is 0 Å². The van der Waals surface area contributed by atoms with Crippen molar-refractivity contribution in [2.45, 2.75) is 89.8 Å². The van der Waals surface area contributed by atoms with E-state index in [0.717, 1.165) is 4.83 Å². The number of rotatable bonds is 10. The van der Waals surface area contributed by atoms with Crippen molar-refractivity contribution in [1.29, 1.82) is 0 Å². The zero-order valence-corrected chi connectivity index (χ0v) is 15.3. The molecule has 2 heteroatoms. The molecule has 0 aromatic rings. The molecule has 0 radical (unpaired) electrons. The lowest BCUT2D eigenvalue weighted by Gasteiger charge is -2.02. The average molecular weight is 372 g/mol. The third-order valence-corrected chi connectivity index (χ3v) is 4.47. The molecule has 17 heavy (non-hydrogen) atoms. The highest BCUT2D eigenvalue weighted by Gasteiger charge is 1.96. The summed E-state index contributed by atoms with van der Waals surface area (Å²) in [5.74, 6) is 0. The molecule has 1 unspecified atom stereocenters. The summed E-state index contributed by atoms with van der Waals surface area (Å²) < 4.78 is 0. The quantitative estimate of drug-likeness (QED) is 0.284. The highest BCUT2D eigenvalue weighted by Crippen LogP contribution is 2.12. The number of hydrogen-bond acceptors (Lipinski definition) is 0. The van der Waals surface area contributed by atoms with Gasteiger partial charge in [0.05, 0.1) is 0 Å². The van der Waals surface area contributed by atoms with Gasteiger partial charge in [-0.25, -0.2) is 0 Å². The van der Waals surface area contributed by atoms with Crippen molar-refractivity contribution in [2.24, 2.45) is 0 Å². The van der Waals surface area contributed by atoms with E-state index >= 15 is 0 Å². The van der Waals surface area contributed by atoms with Crippen molar-refractivity contribution in [1.82, 2.24) is 0 Å². The Morgan fingerprint density at radius 2 is 1.29 bits per heavy atom. The maximum atomic E-state index is 3.58. The van der Waals surface area contributed by atoms with E-state index in [0.29, 0.717) is 0 Å². The highest BCUT2D eigenvalue weighted by atomic mass is 79.9. The molecule has 0 aliphatic rings. The normalized spacial score (nSPS) is 11.8. The fourth-order valence-electron chi connectivity index (χ4n) is 1.50. The number of halogens is 2. The Hall–Kier alpha value is 0.960. The molecule has 0 bridgehead atoms. The fraction of sp³-hybridized carbons (Fsp3) is 1.00. The lowest BCUT2D eigenvalue weighted by molar-refractivity contribution is 0.628. The van der Waals surface area contributed by atoms with Gasteiger partial charge in [0.2, 0.25) is 0 Å². The maximum absolute atomic E-state index is 3.58. The summed E-state index contributed by atoms with van der Waals surface area (Å²) in [4.78, 5) is 0.766. The third-order valence-electron chi connectivity index (χ3n) is 2.80. The van der Waals surface area contributed by atoms with Crippen LogP contribution in [0.3, 0.4) is 0 Å². The molecule has 0 aromatic carbocycles. The monoisotopic (exact) mass is 370 g/mol. The van der Waals surface area contributed by atoms with Gasteiger partial charge in [0.1, 0.15) is 0 Å². The second kappa shape index (κ2) is 19.3. The summed E-state index contributed by atoms with van der Waals surface area (Å²) in [5.41, 5.74) is 0. The molecular formula is C15H32Br2. The molecular weight excluding hydrogens is 340 g/mol. The van der Waals surface area contributed by atoms with Crippen LogP contribution >= 0.6 is 31.9 Å². The maximum Gasteiger partial charge on any atom is 0.0143 e. The summed E-state index contributed by atoms with van der Waals surface area (Å²) in [6.07, 6.45) is 13.7. The largest absolute Gasteiger partial charge is 0.0928 e. The average Bonchev–Trinajstić information content (AvgIpc) is 2.36. The van der Waals surface area contributed by atoms with Gasteiger partial charge in [-0.2, -0.15) is 0 Å². The number of alkyl halides is 2. The lowest BCUT2D eigenvalue weighted by atomic mass is 10.1. The van der Waals surface area contributed by atoms with Crippen LogP contribution in [0.25, 0.3) is 0 Å². The Morgan fingerprint density at radius 3 is 1.76 bits per heavy atom. The molecule has 0 rings (SSSR count). The topological polar surface area (TPSA) is 0 Å². The molecule has 0 fully saturated rings. The van der Waals surface area contributed by atoms with Gasteiger partial charge in [-0.1, -0.05) is 97.6 Å². The van der Waals surface area contributed by atoms with Crippen LogP contribution in [0.4, 0.5) is 0 Å². The first kappa shape index (κ1) is 20.3. The first-order valence-corrected chi connectivity index (χ1v) is 9.46. The summed E-state index contributed by atoms with van der Waals surface area (Å²) in [5, 5.41) is 1.18. The molecule has 1 atom stereocenters. The van der Waals surface area contributed by atoms with Gasteiger partial charge in [0.25, 0.3) is 0 Å². The van der Waals surface area contributed by atoms with Crippen molar-refractivity contribution in [2.75, 3.05) is 5.33 Å². The summed E-state index contributed by atoms with van der Waals surface area (Å²) in [7, 11) is 0. The van der Waals surface area contributed by atoms with Crippen LogP contribution in [0.2, 0.25) is 0 Å². The third kappa shape index (κ3) is 22.6. The van der Waals surface area contributed by atoms with Crippen LogP contribution in [0.5, 0.6) is 0 Å². The van der Waals surface area contributed by atoms with Gasteiger partial charge in [-0.15, -0.1) is 0 Å². The van der Waals surface area contributed by atoms with Crippen LogP contribution < -0.4 is 0 Å². The van der Waals surface area contributed by atoms with E-state index in [4.69, 9.17) is 0 Å². The van der Waals surface area contributed by atoms with E-state index in [1.165, 1.54) is 69.5 Å². The van der Waals surface area contributed by atoms with Crippen LogP contribution in [0, 0.1) is 0 Å². The van der Waals surface area contributed by atoms with Gasteiger partial charge in [0, 0.05) is 10.2 Å². The van der Waals surface area contributed by atoms with Crippen molar-refractivity contribution < 1.29 is 0 Å². The first-order chi connectivity index (χ1) is 8.22. The highest BCUT2D eigenvalue weighted by molar-refractivity contribution is 9.09. The predicted molar refractivity (Wildman–Crippen MR) is 89.7 cm³/mol. The van der Waals surface area contributed by atoms with Crippen LogP contribution in [0.1, 0.15) is 85.0 Å². The molecule has 0 saturated heterocycles. The summed E-state index contributed by atoms with van der Waals surface area (Å²) >= 11 is 7.00. The van der Waals surface area contributed by atoms with Crippen molar-refractivity contribution >= 4 is 31.9 Å². The molecule has 106 valence electrons. The Bertz CT molecular complexity index is 109. The smallest absolute Gasteiger partial charge is 0.0143 e. The molecule has 0 saturated carbocycles. The SMILES string of the molecule is CCCCC(Br)CC.CCCCCCCCBr. The zero-order valence-electron chi connectivity index (χ0n) is 12.1. The predicted octanol–water partition coefficient (Wildman–Crippen LogP) is 7.09. The Labute approximate surface area is 127 Å². The van der Waals surface area contributed by atoms with Crippen LogP contribution in [-0.4, -0.2) is 10.2 Å². The minimum absolute atomic E-state index is 0.766. The standard InChI is InChI=1S/C8H17Br.C7H15Br/c1-2-3-4-5-6-7-8-9;1-3-5-6-7(8)4-2/h2-8H2,1H3;7H,3-6H2,1-2H3. The second-order valence-electron chi connectivity index (χ2n) is 4.60. The van der Waals surface area contributed by atoms with Crippen LogP contribution in [0.15, 0.2) is 0 Å². The fourth-order valence-corrected chi connectivity index (χ4v) is 2.22. The summed E-state index contributed by atoms with van der Waals surface area (Å²) in [6, 6.07) is 0. The van der Waals surface area contributed by atoms with Gasteiger partial charge in [-0.05, 0) is 19.3 Å². The van der Waals surface area contributed by atoms with E-state index in [1.807, 2.05) is 0 Å². The molecule has 0 spiro atoms. The molecule has 0 nitrogen and oxygen atoms in total. The van der Waals surface area contributed by atoms with Crippen molar-refractivity contribution in [3.63, 3.8) is 0 Å². The minimum Gasteiger partial charge on any atom is -0.0928 e. The van der Waals surface area contributed by atoms with E-state index in [1.54, 1.807) is 0 Å². The molecule has 0 aromatic heterocycles. The Morgan fingerprint density at radius 1 is 0.765 bits per heavy atom. The first-order valence-electron chi connectivity index (χ1n) is 7.42. The van der Waals surface area contributed by atoms with Gasteiger partial charge in [-0.3, -0.25) is 0 Å². The number of unbranched alkanes of at least 4 members (excludes halogenated alkanes) is 6. The summed E-state index contributed by atoms with van der Waals surface area (Å²) in [6.45, 7) is 6.70. The van der Waals surface area contributed by atoms with E-state index in [9.17, 15) is 0 Å². The molecule has 0 amide bonds. The van der Waals surface area contributed by atoms with Crippen LogP contribution in [-0.2, 0) is 0 Å². The zero-order chi connectivity index (χ0) is 13.4. The molecule has 0 aliphatic heterocycles. The van der Waals surface area contributed by atoms with E-state index < -0.39 is 0 Å². The molecule has 0 aliphatic carbocycles. The van der Waals surface area contributed by atoms with E-state index in [-0.39, 0.29) is 0 Å². The molecule has 0 N–H and O–H groups in total. The second-order valence-corrected chi connectivity index (χ2v) is 6.69. The van der Waals surface area contributed by atoms with E-state index in [2.05, 4.69) is 52.6 Å².